The lowest BCUT2D eigenvalue weighted by molar-refractivity contribution is 0.496. The van der Waals surface area contributed by atoms with E-state index in [9.17, 15) is 8.42 Å². The van der Waals surface area contributed by atoms with Gasteiger partial charge in [0.05, 0.1) is 4.90 Å². The molecule has 2 heterocycles. The van der Waals surface area contributed by atoms with Crippen molar-refractivity contribution in [2.45, 2.75) is 4.90 Å². The molecule has 2 aromatic carbocycles. The highest BCUT2D eigenvalue weighted by Gasteiger charge is 2.16. The Bertz CT molecular complexity index is 1260. The Hall–Kier alpha value is -3.47. The summed E-state index contributed by atoms with van der Waals surface area (Å²) >= 11 is 1.37. The van der Waals surface area contributed by atoms with Crippen molar-refractivity contribution in [3.8, 4) is 22.1 Å². The number of hydrogen-bond acceptors (Lipinski definition) is 8. The minimum absolute atomic E-state index is 0.145. The molecule has 0 spiro atoms. The summed E-state index contributed by atoms with van der Waals surface area (Å²) in [6.45, 7) is 0. The maximum atomic E-state index is 12.4. The van der Waals surface area contributed by atoms with Crippen LogP contribution in [0.4, 0.5) is 10.9 Å². The van der Waals surface area contributed by atoms with Gasteiger partial charge in [-0.1, -0.05) is 59.9 Å². The molecule has 0 unspecified atom stereocenters. The molecule has 158 valence electrons. The van der Waals surface area contributed by atoms with Crippen molar-refractivity contribution in [1.82, 2.24) is 14.8 Å². The van der Waals surface area contributed by atoms with E-state index in [4.69, 9.17) is 4.74 Å². The van der Waals surface area contributed by atoms with Crippen LogP contribution in [-0.2, 0) is 10.0 Å². The zero-order valence-corrected chi connectivity index (χ0v) is 18.1. The van der Waals surface area contributed by atoms with Gasteiger partial charge in [0.2, 0.25) is 5.06 Å². The van der Waals surface area contributed by atoms with Crippen LogP contribution >= 0.6 is 11.3 Å². The van der Waals surface area contributed by atoms with E-state index in [1.807, 2.05) is 30.3 Å². The van der Waals surface area contributed by atoms with Gasteiger partial charge in [-0.25, -0.2) is 18.4 Å². The highest BCUT2D eigenvalue weighted by atomic mass is 32.2. The van der Waals surface area contributed by atoms with Gasteiger partial charge < -0.3 is 10.1 Å². The fourth-order valence-corrected chi connectivity index (χ4v) is 4.37. The van der Waals surface area contributed by atoms with Crippen LogP contribution < -0.4 is 20.3 Å². The van der Waals surface area contributed by atoms with Gasteiger partial charge in [0.1, 0.15) is 17.3 Å². The zero-order valence-electron chi connectivity index (χ0n) is 16.4. The third-order valence-electron chi connectivity index (χ3n) is 4.17. The number of rotatable bonds is 8. The number of hydrazine groups is 1. The second-order valence-electron chi connectivity index (χ2n) is 6.29. The molecule has 0 radical (unpaired) electrons. The van der Waals surface area contributed by atoms with Gasteiger partial charge in [0.15, 0.2) is 5.13 Å². The smallest absolute Gasteiger partial charge is 0.257 e. The third-order valence-corrected chi connectivity index (χ3v) is 6.38. The van der Waals surface area contributed by atoms with Crippen molar-refractivity contribution >= 4 is 32.3 Å². The van der Waals surface area contributed by atoms with Gasteiger partial charge >= 0.3 is 0 Å². The predicted molar refractivity (Wildman–Crippen MR) is 122 cm³/mol. The molecular weight excluding hydrogens is 434 g/mol. The van der Waals surface area contributed by atoms with Crippen molar-refractivity contribution in [3.63, 3.8) is 0 Å². The van der Waals surface area contributed by atoms with Gasteiger partial charge in [-0.2, -0.15) is 0 Å². The number of anilines is 2. The second-order valence-corrected chi connectivity index (χ2v) is 8.94. The van der Waals surface area contributed by atoms with E-state index in [2.05, 4.69) is 25.5 Å². The van der Waals surface area contributed by atoms with Crippen LogP contribution in [-0.4, -0.2) is 25.4 Å². The van der Waals surface area contributed by atoms with Crippen LogP contribution in [0.3, 0.4) is 0 Å². The molecule has 4 aromatic rings. The van der Waals surface area contributed by atoms with Gasteiger partial charge in [0, 0.05) is 24.9 Å². The van der Waals surface area contributed by atoms with Crippen molar-refractivity contribution in [1.29, 1.82) is 0 Å². The predicted octanol–water partition coefficient (Wildman–Crippen LogP) is 4.34. The molecule has 2 aromatic heterocycles. The molecule has 0 aliphatic rings. The van der Waals surface area contributed by atoms with E-state index < -0.39 is 10.0 Å². The molecule has 3 N–H and O–H groups in total. The third kappa shape index (κ3) is 5.00. The summed E-state index contributed by atoms with van der Waals surface area (Å²) in [5, 5.41) is 4.36. The number of nitrogens with one attached hydrogen (secondary N) is 3. The number of ether oxygens (including phenoxy) is 1. The van der Waals surface area contributed by atoms with E-state index in [0.717, 1.165) is 10.7 Å². The van der Waals surface area contributed by atoms with Crippen molar-refractivity contribution in [3.05, 3.63) is 79.0 Å². The lowest BCUT2D eigenvalue weighted by Gasteiger charge is -2.10. The van der Waals surface area contributed by atoms with E-state index in [0.29, 0.717) is 16.5 Å². The second kappa shape index (κ2) is 9.13. The van der Waals surface area contributed by atoms with Crippen LogP contribution in [0.25, 0.3) is 11.3 Å². The molecule has 0 atom stereocenters. The molecule has 0 saturated heterocycles. The maximum absolute atomic E-state index is 12.4. The number of benzene rings is 2. The van der Waals surface area contributed by atoms with Crippen molar-refractivity contribution < 1.29 is 13.2 Å². The summed E-state index contributed by atoms with van der Waals surface area (Å²) in [6, 6.07) is 21.1. The highest BCUT2D eigenvalue weighted by Crippen LogP contribution is 2.40. The number of pyridine rings is 1. The van der Waals surface area contributed by atoms with Crippen LogP contribution in [0.2, 0.25) is 0 Å². The average Bonchev–Trinajstić information content (AvgIpc) is 3.22. The Morgan fingerprint density at radius 1 is 0.968 bits per heavy atom. The zero-order chi connectivity index (χ0) is 21.7. The molecular formula is C21H19N5O3S2. The number of nitrogens with zero attached hydrogens (tertiary/aromatic N) is 2. The fraction of sp³-hybridized carbons (Fsp3) is 0.0476. The monoisotopic (exact) mass is 453 g/mol. The minimum atomic E-state index is -3.73. The quantitative estimate of drug-likeness (QED) is 0.341. The number of sulfonamides is 1. The Labute approximate surface area is 184 Å². The summed E-state index contributed by atoms with van der Waals surface area (Å²) in [5.74, 6) is 0.775. The van der Waals surface area contributed by atoms with Crippen LogP contribution in [0.1, 0.15) is 0 Å². The summed E-state index contributed by atoms with van der Waals surface area (Å²) < 4.78 is 30.8. The molecule has 8 nitrogen and oxygen atoms in total. The molecule has 0 saturated carbocycles. The average molecular weight is 454 g/mol. The Morgan fingerprint density at radius 3 is 2.39 bits per heavy atom. The molecule has 31 heavy (non-hydrogen) atoms. The Morgan fingerprint density at radius 2 is 1.68 bits per heavy atom. The molecule has 10 heteroatoms. The van der Waals surface area contributed by atoms with E-state index in [-0.39, 0.29) is 10.7 Å². The topological polar surface area (TPSA) is 105 Å². The highest BCUT2D eigenvalue weighted by molar-refractivity contribution is 7.89. The lowest BCUT2D eigenvalue weighted by atomic mass is 10.2. The van der Waals surface area contributed by atoms with Gasteiger partial charge in [-0.3, -0.25) is 5.43 Å². The van der Waals surface area contributed by atoms with E-state index >= 15 is 0 Å². The van der Waals surface area contributed by atoms with Crippen LogP contribution in [0, 0.1) is 0 Å². The van der Waals surface area contributed by atoms with Crippen LogP contribution in [0.15, 0.2) is 83.9 Å². The Kier molecular flexibility index (Phi) is 6.12. The largest absolute Gasteiger partial charge is 0.444 e. The van der Waals surface area contributed by atoms with Crippen molar-refractivity contribution in [2.24, 2.45) is 0 Å². The fourth-order valence-electron chi connectivity index (χ4n) is 2.69. The van der Waals surface area contributed by atoms with Gasteiger partial charge in [-0.15, -0.1) is 4.83 Å². The summed E-state index contributed by atoms with van der Waals surface area (Å²) in [5.41, 5.74) is 4.26. The standard InChI is InChI=1S/C21H19N5O3S2/c1-22-21-24-19(15-8-4-2-5-9-15)20(30-21)29-16-12-13-23-18(14-16)25-26-31(27,28)17-10-6-3-7-11-17/h2-14,26H,1H3,(H,22,24)(H,23,25). The first-order valence-corrected chi connectivity index (χ1v) is 11.6. The SMILES string of the molecule is CNc1nc(-c2ccccc2)c(Oc2ccnc(NNS(=O)(=O)c3ccccc3)c2)s1. The first kappa shape index (κ1) is 20.8. The van der Waals surface area contributed by atoms with Crippen LogP contribution in [0.5, 0.6) is 10.8 Å². The van der Waals surface area contributed by atoms with E-state index in [1.54, 1.807) is 37.4 Å². The van der Waals surface area contributed by atoms with Gasteiger partial charge in [-0.05, 0) is 18.2 Å². The summed E-state index contributed by atoms with van der Waals surface area (Å²) in [4.78, 5) is 11.2. The number of aromatic nitrogens is 2. The maximum Gasteiger partial charge on any atom is 0.257 e. The molecule has 0 aliphatic heterocycles. The summed E-state index contributed by atoms with van der Waals surface area (Å²) in [7, 11) is -1.93. The molecule has 0 aliphatic carbocycles. The lowest BCUT2D eigenvalue weighted by Crippen LogP contribution is -2.29. The van der Waals surface area contributed by atoms with Gasteiger partial charge in [0.25, 0.3) is 10.0 Å². The minimum Gasteiger partial charge on any atom is -0.444 e. The molecule has 0 bridgehead atoms. The molecule has 4 rings (SSSR count). The number of thiazole rings is 1. The first-order valence-electron chi connectivity index (χ1n) is 9.26. The van der Waals surface area contributed by atoms with Crippen molar-refractivity contribution in [2.75, 3.05) is 17.8 Å². The number of hydrogen-bond donors (Lipinski definition) is 3. The first-order chi connectivity index (χ1) is 15.0. The normalized spacial score (nSPS) is 11.1. The summed E-state index contributed by atoms with van der Waals surface area (Å²) in [6.07, 6.45) is 1.52. The Balaban J connectivity index is 1.53. The molecule has 0 amide bonds. The van der Waals surface area contributed by atoms with E-state index in [1.165, 1.54) is 29.7 Å². The molecule has 0 fully saturated rings.